The molecule has 0 spiro atoms. The van der Waals surface area contributed by atoms with Gasteiger partial charge in [-0.2, -0.15) is 13.2 Å². The van der Waals surface area contributed by atoms with Crippen LogP contribution in [0.25, 0.3) is 0 Å². The van der Waals surface area contributed by atoms with Gasteiger partial charge in [0.2, 0.25) is 0 Å². The van der Waals surface area contributed by atoms with Gasteiger partial charge in [0, 0.05) is 11.1 Å². The quantitative estimate of drug-likeness (QED) is 0.839. The van der Waals surface area contributed by atoms with Gasteiger partial charge < -0.3 is 5.73 Å². The van der Waals surface area contributed by atoms with Crippen molar-refractivity contribution in [3.8, 4) is 0 Å². The second-order valence-corrected chi connectivity index (χ2v) is 5.61. The lowest BCUT2D eigenvalue weighted by Crippen LogP contribution is -2.32. The molecule has 2 rings (SSSR count). The van der Waals surface area contributed by atoms with Crippen LogP contribution >= 0.6 is 11.6 Å². The third kappa shape index (κ3) is 3.42. The van der Waals surface area contributed by atoms with Crippen LogP contribution in [0, 0.1) is 11.8 Å². The van der Waals surface area contributed by atoms with Gasteiger partial charge in [-0.05, 0) is 43.2 Å². The van der Waals surface area contributed by atoms with E-state index in [2.05, 4.69) is 0 Å². The molecule has 5 heteroatoms. The molecule has 0 radical (unpaired) electrons. The Hall–Kier alpha value is -0.740. The topological polar surface area (TPSA) is 26.0 Å². The Kier molecular flexibility index (Phi) is 4.41. The molecule has 1 unspecified atom stereocenters. The number of halogens is 4. The molecule has 106 valence electrons. The maximum atomic E-state index is 12.6. The minimum atomic E-state index is -4.07. The minimum Gasteiger partial charge on any atom is -0.324 e. The van der Waals surface area contributed by atoms with E-state index in [-0.39, 0.29) is 24.8 Å². The van der Waals surface area contributed by atoms with Crippen LogP contribution in [0.1, 0.15) is 37.3 Å². The molecular formula is C14H17ClF3N. The lowest BCUT2D eigenvalue weighted by atomic mass is 9.77. The van der Waals surface area contributed by atoms with Crippen molar-refractivity contribution in [2.24, 2.45) is 17.6 Å². The zero-order valence-corrected chi connectivity index (χ0v) is 11.2. The molecular weight excluding hydrogens is 275 g/mol. The zero-order chi connectivity index (χ0) is 14.0. The molecule has 0 saturated heterocycles. The van der Waals surface area contributed by atoms with Crippen LogP contribution < -0.4 is 5.73 Å². The Bertz CT molecular complexity index is 425. The molecule has 1 atom stereocenters. The van der Waals surface area contributed by atoms with Crippen molar-refractivity contribution in [3.63, 3.8) is 0 Å². The van der Waals surface area contributed by atoms with Gasteiger partial charge in [-0.15, -0.1) is 0 Å². The van der Waals surface area contributed by atoms with Gasteiger partial charge in [0.1, 0.15) is 0 Å². The molecule has 1 nitrogen and oxygen atoms in total. The molecule has 1 saturated carbocycles. The summed E-state index contributed by atoms with van der Waals surface area (Å²) in [5.74, 6) is -1.08. The molecule has 1 aromatic carbocycles. The fourth-order valence-corrected chi connectivity index (χ4v) is 3.07. The Labute approximate surface area is 115 Å². The first-order chi connectivity index (χ1) is 8.89. The van der Waals surface area contributed by atoms with E-state index in [9.17, 15) is 13.2 Å². The summed E-state index contributed by atoms with van der Waals surface area (Å²) in [6, 6.07) is 7.01. The Morgan fingerprint density at radius 3 is 2.21 bits per heavy atom. The van der Waals surface area contributed by atoms with E-state index in [0.29, 0.717) is 17.9 Å². The molecule has 0 aliphatic heterocycles. The predicted molar refractivity (Wildman–Crippen MR) is 69.9 cm³/mol. The van der Waals surface area contributed by atoms with Gasteiger partial charge in [0.05, 0.1) is 5.92 Å². The van der Waals surface area contributed by atoms with Crippen molar-refractivity contribution in [1.82, 2.24) is 0 Å². The van der Waals surface area contributed by atoms with E-state index in [4.69, 9.17) is 17.3 Å². The van der Waals surface area contributed by atoms with Crippen LogP contribution in [-0.4, -0.2) is 6.18 Å². The standard InChI is InChI=1S/C14H17ClF3N/c15-12-4-2-1-3-11(12)13(19)9-5-7-10(8-6-9)14(16,17)18/h1-4,9-10,13H,5-8,19H2. The van der Waals surface area contributed by atoms with Crippen LogP contribution in [0.5, 0.6) is 0 Å². The van der Waals surface area contributed by atoms with E-state index < -0.39 is 12.1 Å². The van der Waals surface area contributed by atoms with E-state index in [0.717, 1.165) is 5.56 Å². The molecule has 2 N–H and O–H groups in total. The zero-order valence-electron chi connectivity index (χ0n) is 10.5. The highest BCUT2D eigenvalue weighted by Gasteiger charge is 2.42. The Balaban J connectivity index is 2.00. The Morgan fingerprint density at radius 1 is 1.11 bits per heavy atom. The van der Waals surface area contributed by atoms with Crippen molar-refractivity contribution in [2.75, 3.05) is 0 Å². The highest BCUT2D eigenvalue weighted by atomic mass is 35.5. The van der Waals surface area contributed by atoms with Crippen molar-refractivity contribution in [2.45, 2.75) is 37.9 Å². The predicted octanol–water partition coefficient (Wildman–Crippen LogP) is 4.71. The van der Waals surface area contributed by atoms with Gasteiger partial charge in [-0.25, -0.2) is 0 Å². The third-order valence-corrected chi connectivity index (χ3v) is 4.35. The van der Waals surface area contributed by atoms with Crippen molar-refractivity contribution >= 4 is 11.6 Å². The highest BCUT2D eigenvalue weighted by molar-refractivity contribution is 6.31. The maximum Gasteiger partial charge on any atom is 0.391 e. The normalized spacial score (nSPS) is 26.2. The van der Waals surface area contributed by atoms with Crippen LogP contribution in [-0.2, 0) is 0 Å². The lowest BCUT2D eigenvalue weighted by molar-refractivity contribution is -0.184. The number of hydrogen-bond acceptors (Lipinski definition) is 1. The van der Waals surface area contributed by atoms with Gasteiger partial charge in [0.15, 0.2) is 0 Å². The van der Waals surface area contributed by atoms with Gasteiger partial charge in [-0.1, -0.05) is 29.8 Å². The van der Waals surface area contributed by atoms with Crippen LogP contribution in [0.15, 0.2) is 24.3 Å². The largest absolute Gasteiger partial charge is 0.391 e. The maximum absolute atomic E-state index is 12.6. The summed E-state index contributed by atoms with van der Waals surface area (Å²) in [4.78, 5) is 0. The van der Waals surface area contributed by atoms with Crippen LogP contribution in [0.2, 0.25) is 5.02 Å². The molecule has 0 amide bonds. The first-order valence-electron chi connectivity index (χ1n) is 6.46. The average Bonchev–Trinajstić information content (AvgIpc) is 2.38. The second kappa shape index (κ2) is 5.71. The summed E-state index contributed by atoms with van der Waals surface area (Å²) in [6.07, 6.45) is -2.70. The van der Waals surface area contributed by atoms with E-state index in [1.165, 1.54) is 0 Å². The molecule has 1 fully saturated rings. The van der Waals surface area contributed by atoms with Gasteiger partial charge in [0.25, 0.3) is 0 Å². The molecule has 0 aromatic heterocycles. The van der Waals surface area contributed by atoms with Crippen LogP contribution in [0.3, 0.4) is 0 Å². The number of nitrogens with two attached hydrogens (primary N) is 1. The molecule has 19 heavy (non-hydrogen) atoms. The summed E-state index contributed by atoms with van der Waals surface area (Å²) < 4.78 is 37.8. The number of rotatable bonds is 2. The molecule has 1 aliphatic carbocycles. The van der Waals surface area contributed by atoms with Crippen LogP contribution in [0.4, 0.5) is 13.2 Å². The molecule has 1 aromatic rings. The SMILES string of the molecule is NC(c1ccccc1Cl)C1CCC(C(F)(F)F)CC1. The number of benzene rings is 1. The summed E-state index contributed by atoms with van der Waals surface area (Å²) >= 11 is 6.08. The summed E-state index contributed by atoms with van der Waals surface area (Å²) in [6.45, 7) is 0. The fourth-order valence-electron chi connectivity index (χ4n) is 2.81. The highest BCUT2D eigenvalue weighted by Crippen LogP contribution is 2.43. The van der Waals surface area contributed by atoms with Crippen molar-refractivity contribution < 1.29 is 13.2 Å². The minimum absolute atomic E-state index is 0.0819. The first-order valence-corrected chi connectivity index (χ1v) is 6.84. The number of alkyl halides is 3. The average molecular weight is 292 g/mol. The second-order valence-electron chi connectivity index (χ2n) is 5.20. The third-order valence-electron chi connectivity index (χ3n) is 4.01. The molecule has 0 heterocycles. The van der Waals surface area contributed by atoms with Gasteiger partial charge >= 0.3 is 6.18 Å². The molecule has 0 bridgehead atoms. The lowest BCUT2D eigenvalue weighted by Gasteiger charge is -2.33. The fraction of sp³-hybridized carbons (Fsp3) is 0.571. The van der Waals surface area contributed by atoms with E-state index >= 15 is 0 Å². The first kappa shape index (κ1) is 14.7. The summed E-state index contributed by atoms with van der Waals surface area (Å²) in [5.41, 5.74) is 6.99. The Morgan fingerprint density at radius 2 is 1.68 bits per heavy atom. The van der Waals surface area contributed by atoms with Gasteiger partial charge in [-0.3, -0.25) is 0 Å². The van der Waals surface area contributed by atoms with E-state index in [1.54, 1.807) is 6.07 Å². The molecule has 1 aliphatic rings. The smallest absolute Gasteiger partial charge is 0.324 e. The summed E-state index contributed by atoms with van der Waals surface area (Å²) in [5, 5.41) is 0.591. The summed E-state index contributed by atoms with van der Waals surface area (Å²) in [7, 11) is 0. The number of hydrogen-bond donors (Lipinski definition) is 1. The monoisotopic (exact) mass is 291 g/mol. The van der Waals surface area contributed by atoms with Crippen molar-refractivity contribution in [1.29, 1.82) is 0 Å². The van der Waals surface area contributed by atoms with E-state index in [1.807, 2.05) is 18.2 Å². The van der Waals surface area contributed by atoms with Crippen molar-refractivity contribution in [3.05, 3.63) is 34.9 Å².